The summed E-state index contributed by atoms with van der Waals surface area (Å²) in [4.78, 5) is 2.72. The van der Waals surface area contributed by atoms with Crippen molar-refractivity contribution in [3.05, 3.63) is 41.5 Å². The first-order valence-corrected chi connectivity index (χ1v) is 22.8. The van der Waals surface area contributed by atoms with Crippen LogP contribution < -0.4 is 0 Å². The molecule has 0 aromatic heterocycles. The van der Waals surface area contributed by atoms with Crippen LogP contribution in [-0.2, 0) is 6.42 Å². The van der Waals surface area contributed by atoms with Gasteiger partial charge >= 0.3 is 95.9 Å². The molecule has 0 nitrogen and oxygen atoms in total. The molecule has 0 spiro atoms. The second-order valence-electron chi connectivity index (χ2n) is 8.77. The molecule has 0 amide bonds. The van der Waals surface area contributed by atoms with E-state index in [-0.39, 0.29) is 0 Å². The van der Waals surface area contributed by atoms with E-state index in [4.69, 9.17) is 0 Å². The molecular weight excluding hydrogens is 450 g/mol. The van der Waals surface area contributed by atoms with E-state index < -0.39 is 18.4 Å². The summed E-state index contributed by atoms with van der Waals surface area (Å²) in [6, 6.07) is 8.49. The second-order valence-corrected chi connectivity index (χ2v) is 26.1. The Morgan fingerprint density at radius 1 is 0.815 bits per heavy atom. The normalized spacial score (nSPS) is 12.1. The predicted molar refractivity (Wildman–Crippen MR) is 135 cm³/mol. The predicted octanol–water partition coefficient (Wildman–Crippen LogP) is 9.08. The molecule has 0 heterocycles. The van der Waals surface area contributed by atoms with Gasteiger partial charge in [0.05, 0.1) is 0 Å². The molecule has 0 saturated carbocycles. The minimum Gasteiger partial charge on any atom is -0.116 e. The van der Waals surface area contributed by atoms with Gasteiger partial charge in [0.1, 0.15) is 0 Å². The zero-order chi connectivity index (χ0) is 20.5. The van der Waals surface area contributed by atoms with Crippen molar-refractivity contribution in [1.82, 2.24) is 0 Å². The van der Waals surface area contributed by atoms with E-state index in [1.54, 1.807) is 13.3 Å². The number of allylic oxidation sites excluding steroid dienone is 1. The van der Waals surface area contributed by atoms with Crippen LogP contribution in [0.3, 0.4) is 0 Å². The Hall–Kier alpha value is 0.189. The summed E-state index contributed by atoms with van der Waals surface area (Å²) in [5, 5.41) is 0. The largest absolute Gasteiger partial charge is 0.116 e. The Balaban J connectivity index is 0.000000438. The zero-order valence-corrected chi connectivity index (χ0v) is 23.2. The van der Waals surface area contributed by atoms with Crippen LogP contribution in [0.15, 0.2) is 30.3 Å². The summed E-state index contributed by atoms with van der Waals surface area (Å²) in [7, 11) is 0.380. The second kappa shape index (κ2) is 17.1. The van der Waals surface area contributed by atoms with E-state index in [2.05, 4.69) is 82.1 Å². The zero-order valence-electron chi connectivity index (χ0n) is 19.5. The number of hydrogen-bond acceptors (Lipinski definition) is 0. The van der Waals surface area contributed by atoms with E-state index >= 15 is 0 Å². The summed E-state index contributed by atoms with van der Waals surface area (Å²) in [6.45, 7) is 13.7. The van der Waals surface area contributed by atoms with Crippen molar-refractivity contribution in [2.24, 2.45) is 0 Å². The van der Waals surface area contributed by atoms with Crippen molar-refractivity contribution in [1.29, 1.82) is 0 Å². The van der Waals surface area contributed by atoms with Crippen LogP contribution in [0.4, 0.5) is 0 Å². The number of fused-ring (bicyclic) bond motifs is 1. The van der Waals surface area contributed by atoms with E-state index in [1.165, 1.54) is 49.7 Å². The number of hydrogen-bond donors (Lipinski definition) is 0. The third-order valence-corrected chi connectivity index (χ3v) is 18.5. The SMILES string of the molecule is C1=Cc2ccccc2C1.CCC[CH2][Sn]([CH3])([CH2]CCC)[CH2]CCC.CP(C)C. The molecule has 0 radical (unpaired) electrons. The van der Waals surface area contributed by atoms with Crippen LogP contribution in [0, 0.1) is 0 Å². The van der Waals surface area contributed by atoms with E-state index in [0.29, 0.717) is 7.92 Å². The van der Waals surface area contributed by atoms with Crippen LogP contribution in [0.2, 0.25) is 18.2 Å². The summed E-state index contributed by atoms with van der Waals surface area (Å²) in [6.07, 6.45) is 14.3. The monoisotopic (exact) mass is 498 g/mol. The third kappa shape index (κ3) is 14.8. The molecule has 156 valence electrons. The van der Waals surface area contributed by atoms with Gasteiger partial charge in [0.15, 0.2) is 0 Å². The number of benzene rings is 1. The fraction of sp³-hybridized carbons (Fsp3) is 0.680. The average molecular weight is 497 g/mol. The van der Waals surface area contributed by atoms with Gasteiger partial charge in [0.2, 0.25) is 0 Å². The first-order valence-electron chi connectivity index (χ1n) is 11.2. The minimum absolute atomic E-state index is 0.380. The van der Waals surface area contributed by atoms with Gasteiger partial charge in [-0.15, -0.1) is 7.92 Å². The molecule has 1 aliphatic carbocycles. The standard InChI is InChI=1S/C9H8.3C4H9.C3H9P.CH3.Sn/c1-2-5-9-7-3-6-8(9)4-1;3*1-3-4-2;1-4(2)3;;/h1-6H,7H2;3*1,3-4H2,2H3;1-3H3;1H3;. The molecule has 1 aromatic carbocycles. The van der Waals surface area contributed by atoms with Crippen molar-refractivity contribution in [2.45, 2.75) is 84.0 Å². The fourth-order valence-electron chi connectivity index (χ4n) is 3.38. The van der Waals surface area contributed by atoms with E-state index in [9.17, 15) is 0 Å². The van der Waals surface area contributed by atoms with Gasteiger partial charge in [-0.3, -0.25) is 0 Å². The molecule has 0 bridgehead atoms. The smallest absolute Gasteiger partial charge is 0.0449 e. The molecule has 0 aliphatic heterocycles. The van der Waals surface area contributed by atoms with Gasteiger partial charge in [0.25, 0.3) is 0 Å². The van der Waals surface area contributed by atoms with Crippen molar-refractivity contribution in [3.63, 3.8) is 0 Å². The maximum absolute atomic E-state index is 2.72. The first kappa shape index (κ1) is 27.2. The van der Waals surface area contributed by atoms with Gasteiger partial charge < -0.3 is 0 Å². The molecule has 0 unspecified atom stereocenters. The van der Waals surface area contributed by atoms with E-state index in [0.717, 1.165) is 6.42 Å². The number of unbranched alkanes of at least 4 members (excludes halogenated alkanes) is 3. The third-order valence-electron chi connectivity index (χ3n) is 5.09. The van der Waals surface area contributed by atoms with Gasteiger partial charge in [-0.2, -0.15) is 0 Å². The Labute approximate surface area is 177 Å². The summed E-state index contributed by atoms with van der Waals surface area (Å²) in [5.41, 5.74) is 2.84. The van der Waals surface area contributed by atoms with E-state index in [1.807, 2.05) is 0 Å². The minimum atomic E-state index is -1.56. The Bertz CT molecular complexity index is 468. The summed E-state index contributed by atoms with van der Waals surface area (Å²) in [5.74, 6) is 0. The molecule has 2 rings (SSSR count). The molecule has 1 aromatic rings. The van der Waals surface area contributed by atoms with Crippen LogP contribution in [0.1, 0.15) is 70.4 Å². The fourth-order valence-corrected chi connectivity index (χ4v) is 15.9. The van der Waals surface area contributed by atoms with Crippen LogP contribution >= 0.6 is 7.92 Å². The molecule has 2 heteroatoms. The molecule has 0 saturated heterocycles. The Kier molecular flexibility index (Phi) is 17.2. The maximum atomic E-state index is 2.72. The van der Waals surface area contributed by atoms with Gasteiger partial charge in [-0.25, -0.2) is 0 Å². The van der Waals surface area contributed by atoms with Crippen LogP contribution in [-0.4, -0.2) is 38.4 Å². The molecule has 27 heavy (non-hydrogen) atoms. The summed E-state index contributed by atoms with van der Waals surface area (Å²) < 4.78 is 4.97. The molecule has 0 atom stereocenters. The van der Waals surface area contributed by atoms with Crippen LogP contribution in [0.25, 0.3) is 6.08 Å². The summed E-state index contributed by atoms with van der Waals surface area (Å²) >= 11 is -1.56. The van der Waals surface area contributed by atoms with Gasteiger partial charge in [0, 0.05) is 0 Å². The molecule has 0 fully saturated rings. The van der Waals surface area contributed by atoms with Gasteiger partial charge in [-0.05, 0) is 37.5 Å². The maximum Gasteiger partial charge on any atom is -0.0449 e. The molecule has 1 aliphatic rings. The Morgan fingerprint density at radius 3 is 1.67 bits per heavy atom. The number of rotatable bonds is 9. The van der Waals surface area contributed by atoms with Crippen molar-refractivity contribution < 1.29 is 0 Å². The Morgan fingerprint density at radius 2 is 1.26 bits per heavy atom. The molecule has 0 N–H and O–H groups in total. The van der Waals surface area contributed by atoms with Crippen molar-refractivity contribution in [3.8, 4) is 0 Å². The topological polar surface area (TPSA) is 0 Å². The van der Waals surface area contributed by atoms with Crippen molar-refractivity contribution >= 4 is 32.4 Å². The first-order chi connectivity index (χ1) is 12.9. The quantitative estimate of drug-likeness (QED) is 0.236. The van der Waals surface area contributed by atoms with Crippen molar-refractivity contribution in [2.75, 3.05) is 20.0 Å². The average Bonchev–Trinajstić information content (AvgIpc) is 3.12. The molecular formula is C25H47PSn. The van der Waals surface area contributed by atoms with Crippen LogP contribution in [0.5, 0.6) is 0 Å². The van der Waals surface area contributed by atoms with Gasteiger partial charge in [-0.1, -0.05) is 36.4 Å².